The van der Waals surface area contributed by atoms with Gasteiger partial charge in [-0.3, -0.25) is 14.6 Å². The van der Waals surface area contributed by atoms with Gasteiger partial charge in [0.05, 0.1) is 27.8 Å². The number of pyridine rings is 1. The molecule has 1 aromatic heterocycles. The van der Waals surface area contributed by atoms with Crippen molar-refractivity contribution in [1.82, 2.24) is 10.3 Å². The number of benzene rings is 2. The standard InChI is InChI=1S/C26H26N2O5/c1-31-23-14-19(15-24(32-2)26(23)33-3)9-12-25(30)28-17-18-7-10-20(11-8-18)22(29)16-21-6-4-5-13-27-21/h4-15H,16-17H2,1-3H3,(H,28,30)/b12-9+. The van der Waals surface area contributed by atoms with E-state index in [1.807, 2.05) is 30.3 Å². The van der Waals surface area contributed by atoms with Crippen LogP contribution in [0.1, 0.15) is 27.2 Å². The number of carbonyl (C=O) groups excluding carboxylic acids is 2. The number of hydrogen-bond donors (Lipinski definition) is 1. The molecule has 3 rings (SSSR count). The van der Waals surface area contributed by atoms with Gasteiger partial charge in [0.2, 0.25) is 11.7 Å². The van der Waals surface area contributed by atoms with Gasteiger partial charge in [-0.25, -0.2) is 0 Å². The highest BCUT2D eigenvalue weighted by atomic mass is 16.5. The zero-order valence-electron chi connectivity index (χ0n) is 18.8. The molecule has 170 valence electrons. The van der Waals surface area contributed by atoms with Gasteiger partial charge in [-0.15, -0.1) is 0 Å². The molecule has 0 saturated carbocycles. The predicted molar refractivity (Wildman–Crippen MR) is 126 cm³/mol. The molecule has 7 heteroatoms. The molecule has 1 amide bonds. The number of carbonyl (C=O) groups is 2. The first-order chi connectivity index (χ1) is 16.0. The van der Waals surface area contributed by atoms with Gasteiger partial charge in [-0.2, -0.15) is 0 Å². The van der Waals surface area contributed by atoms with Crippen molar-refractivity contribution in [3.63, 3.8) is 0 Å². The number of nitrogens with one attached hydrogen (secondary N) is 1. The molecule has 1 N–H and O–H groups in total. The first-order valence-corrected chi connectivity index (χ1v) is 10.3. The smallest absolute Gasteiger partial charge is 0.244 e. The quantitative estimate of drug-likeness (QED) is 0.376. The number of ether oxygens (including phenoxy) is 3. The normalized spacial score (nSPS) is 10.6. The average molecular weight is 447 g/mol. The van der Waals surface area contributed by atoms with Crippen molar-refractivity contribution >= 4 is 17.8 Å². The Morgan fingerprint density at radius 1 is 0.939 bits per heavy atom. The van der Waals surface area contributed by atoms with Gasteiger partial charge in [0, 0.05) is 30.1 Å². The maximum absolute atomic E-state index is 12.4. The minimum absolute atomic E-state index is 0.00225. The van der Waals surface area contributed by atoms with E-state index >= 15 is 0 Å². The van der Waals surface area contributed by atoms with Gasteiger partial charge in [-0.1, -0.05) is 30.3 Å². The zero-order valence-corrected chi connectivity index (χ0v) is 18.8. The van der Waals surface area contributed by atoms with E-state index in [0.717, 1.165) is 16.8 Å². The van der Waals surface area contributed by atoms with E-state index in [1.165, 1.54) is 27.4 Å². The van der Waals surface area contributed by atoms with Crippen LogP contribution < -0.4 is 19.5 Å². The third-order valence-electron chi connectivity index (χ3n) is 4.92. The SMILES string of the molecule is COc1cc(/C=C/C(=O)NCc2ccc(C(=O)Cc3ccccn3)cc2)cc(OC)c1OC. The zero-order chi connectivity index (χ0) is 23.6. The molecule has 0 aliphatic rings. The van der Waals surface area contributed by atoms with E-state index in [9.17, 15) is 9.59 Å². The van der Waals surface area contributed by atoms with Gasteiger partial charge >= 0.3 is 0 Å². The van der Waals surface area contributed by atoms with E-state index in [-0.39, 0.29) is 18.1 Å². The monoisotopic (exact) mass is 446 g/mol. The highest BCUT2D eigenvalue weighted by Gasteiger charge is 2.12. The summed E-state index contributed by atoms with van der Waals surface area (Å²) in [6.07, 6.45) is 5.03. The van der Waals surface area contributed by atoms with Crippen LogP contribution in [0.5, 0.6) is 17.2 Å². The van der Waals surface area contributed by atoms with Crippen LogP contribution >= 0.6 is 0 Å². The summed E-state index contributed by atoms with van der Waals surface area (Å²) in [5.41, 5.74) is 2.96. The van der Waals surface area contributed by atoms with Crippen molar-refractivity contribution in [1.29, 1.82) is 0 Å². The first-order valence-electron chi connectivity index (χ1n) is 10.3. The maximum atomic E-state index is 12.4. The minimum Gasteiger partial charge on any atom is -0.493 e. The maximum Gasteiger partial charge on any atom is 0.244 e. The molecule has 0 spiro atoms. The highest BCUT2D eigenvalue weighted by molar-refractivity contribution is 5.97. The van der Waals surface area contributed by atoms with Crippen molar-refractivity contribution in [3.8, 4) is 17.2 Å². The number of ketones is 1. The number of Topliss-reactive ketones (excluding diaryl/α,β-unsaturated/α-hetero) is 1. The van der Waals surface area contributed by atoms with Gasteiger partial charge in [-0.05, 0) is 41.5 Å². The summed E-state index contributed by atoms with van der Waals surface area (Å²) in [7, 11) is 4.61. The van der Waals surface area contributed by atoms with E-state index in [2.05, 4.69) is 10.3 Å². The second kappa shape index (κ2) is 11.5. The van der Waals surface area contributed by atoms with Crippen LogP contribution in [0.3, 0.4) is 0 Å². The van der Waals surface area contributed by atoms with Crippen molar-refractivity contribution < 1.29 is 23.8 Å². The fourth-order valence-electron chi connectivity index (χ4n) is 3.20. The Morgan fingerprint density at radius 3 is 2.21 bits per heavy atom. The van der Waals surface area contributed by atoms with Crippen LogP contribution in [-0.4, -0.2) is 38.0 Å². The topological polar surface area (TPSA) is 86.8 Å². The van der Waals surface area contributed by atoms with Crippen LogP contribution in [0.15, 0.2) is 66.9 Å². The Hall–Kier alpha value is -4.13. The molecule has 0 saturated heterocycles. The molecule has 0 fully saturated rings. The molecule has 0 aliphatic carbocycles. The van der Waals surface area contributed by atoms with Crippen molar-refractivity contribution in [3.05, 3.63) is 89.3 Å². The number of nitrogens with zero attached hydrogens (tertiary/aromatic N) is 1. The third-order valence-corrected chi connectivity index (χ3v) is 4.92. The summed E-state index contributed by atoms with van der Waals surface area (Å²) >= 11 is 0. The number of aromatic nitrogens is 1. The summed E-state index contributed by atoms with van der Waals surface area (Å²) in [6, 6.07) is 16.2. The average Bonchev–Trinajstić information content (AvgIpc) is 2.86. The molecule has 7 nitrogen and oxygen atoms in total. The fraction of sp³-hybridized carbons (Fsp3) is 0.192. The molecule has 0 bridgehead atoms. The number of methoxy groups -OCH3 is 3. The minimum atomic E-state index is -0.251. The summed E-state index contributed by atoms with van der Waals surface area (Å²) in [5.74, 6) is 1.25. The van der Waals surface area contributed by atoms with Crippen LogP contribution in [0, 0.1) is 0 Å². The second-order valence-corrected chi connectivity index (χ2v) is 7.13. The Morgan fingerprint density at radius 2 is 1.64 bits per heavy atom. The molecule has 1 heterocycles. The molecule has 0 aliphatic heterocycles. The summed E-state index contributed by atoms with van der Waals surface area (Å²) in [6.45, 7) is 0.340. The fourth-order valence-corrected chi connectivity index (χ4v) is 3.20. The number of amides is 1. The van der Waals surface area contributed by atoms with Crippen LogP contribution in [0.4, 0.5) is 0 Å². The molecule has 0 unspecified atom stereocenters. The van der Waals surface area contributed by atoms with Gasteiger partial charge < -0.3 is 19.5 Å². The van der Waals surface area contributed by atoms with Gasteiger partial charge in [0.15, 0.2) is 17.3 Å². The van der Waals surface area contributed by atoms with E-state index in [1.54, 1.807) is 36.5 Å². The summed E-state index contributed by atoms with van der Waals surface area (Å²) in [4.78, 5) is 28.8. The summed E-state index contributed by atoms with van der Waals surface area (Å²) in [5, 5.41) is 2.83. The molecular weight excluding hydrogens is 420 g/mol. The van der Waals surface area contributed by atoms with Gasteiger partial charge in [0.25, 0.3) is 0 Å². The van der Waals surface area contributed by atoms with Crippen LogP contribution in [0.25, 0.3) is 6.08 Å². The largest absolute Gasteiger partial charge is 0.493 e. The molecule has 33 heavy (non-hydrogen) atoms. The lowest BCUT2D eigenvalue weighted by molar-refractivity contribution is -0.116. The Balaban J connectivity index is 1.56. The molecule has 0 atom stereocenters. The lowest BCUT2D eigenvalue weighted by Crippen LogP contribution is -2.20. The molecule has 3 aromatic rings. The van der Waals surface area contributed by atoms with Crippen molar-refractivity contribution in [2.45, 2.75) is 13.0 Å². The van der Waals surface area contributed by atoms with Crippen LogP contribution in [-0.2, 0) is 17.8 Å². The van der Waals surface area contributed by atoms with E-state index in [4.69, 9.17) is 14.2 Å². The number of hydrogen-bond acceptors (Lipinski definition) is 6. The van der Waals surface area contributed by atoms with E-state index < -0.39 is 0 Å². The Kier molecular flexibility index (Phi) is 8.18. The summed E-state index contributed by atoms with van der Waals surface area (Å²) < 4.78 is 16.0. The molecule has 0 radical (unpaired) electrons. The molecular formula is C26H26N2O5. The van der Waals surface area contributed by atoms with Gasteiger partial charge in [0.1, 0.15) is 0 Å². The third kappa shape index (κ3) is 6.43. The Labute approximate surface area is 193 Å². The first kappa shape index (κ1) is 23.5. The molecule has 2 aromatic carbocycles. The van der Waals surface area contributed by atoms with E-state index in [0.29, 0.717) is 29.4 Å². The van der Waals surface area contributed by atoms with Crippen molar-refractivity contribution in [2.75, 3.05) is 21.3 Å². The number of rotatable bonds is 10. The van der Waals surface area contributed by atoms with Crippen LogP contribution in [0.2, 0.25) is 0 Å². The second-order valence-electron chi connectivity index (χ2n) is 7.13. The van der Waals surface area contributed by atoms with Crippen molar-refractivity contribution in [2.24, 2.45) is 0 Å². The highest BCUT2D eigenvalue weighted by Crippen LogP contribution is 2.38. The lowest BCUT2D eigenvalue weighted by atomic mass is 10.0. The predicted octanol–water partition coefficient (Wildman–Crippen LogP) is 3.86. The Bertz CT molecular complexity index is 1100. The lowest BCUT2D eigenvalue weighted by Gasteiger charge is -2.12.